The number of hydrogen-bond donors (Lipinski definition) is 0. The Kier molecular flexibility index (Phi) is 5.00. The van der Waals surface area contributed by atoms with Gasteiger partial charge in [-0.15, -0.1) is 0 Å². The molecule has 0 unspecified atom stereocenters. The van der Waals surface area contributed by atoms with Gasteiger partial charge in [0.25, 0.3) is 0 Å². The highest BCUT2D eigenvalue weighted by atomic mass is 15.0. The lowest BCUT2D eigenvalue weighted by Gasteiger charge is -2.16. The van der Waals surface area contributed by atoms with Gasteiger partial charge in [0, 0.05) is 16.3 Å². The standard InChI is InChI=1S/C33H30N2/c1-20-11-13-27-29-19-26(18-25-9-7-6-8-10-25)12-14-28(29)33-34-24(5)32(35(33)30(27)17-20)31-22(3)15-21(2)16-23(31)4/h6-17,19H,18H2,1-5H3. The van der Waals surface area contributed by atoms with Crippen molar-refractivity contribution in [2.45, 2.75) is 41.0 Å². The lowest BCUT2D eigenvalue weighted by molar-refractivity contribution is 1.20. The fourth-order valence-corrected chi connectivity index (χ4v) is 5.80. The topological polar surface area (TPSA) is 17.3 Å². The maximum Gasteiger partial charge on any atom is 0.145 e. The molecule has 0 radical (unpaired) electrons. The molecule has 172 valence electrons. The van der Waals surface area contributed by atoms with E-state index in [4.69, 9.17) is 4.98 Å². The van der Waals surface area contributed by atoms with Crippen LogP contribution in [0.5, 0.6) is 0 Å². The molecule has 6 rings (SSSR count). The highest BCUT2D eigenvalue weighted by molar-refractivity contribution is 6.13. The molecule has 0 atom stereocenters. The number of benzene rings is 4. The Hall–Kier alpha value is -3.91. The van der Waals surface area contributed by atoms with Crippen LogP contribution in [-0.4, -0.2) is 9.38 Å². The first kappa shape index (κ1) is 21.6. The van der Waals surface area contributed by atoms with Crippen molar-refractivity contribution in [3.05, 3.63) is 118 Å². The normalized spacial score (nSPS) is 11.7. The third kappa shape index (κ3) is 3.52. The van der Waals surface area contributed by atoms with E-state index < -0.39 is 0 Å². The molecule has 0 spiro atoms. The van der Waals surface area contributed by atoms with Crippen LogP contribution in [0.15, 0.2) is 78.9 Å². The van der Waals surface area contributed by atoms with Gasteiger partial charge in [0.2, 0.25) is 0 Å². The minimum absolute atomic E-state index is 0.926. The SMILES string of the molecule is Cc1cc(C)c(-c2c(C)nc3c4ccc(Cc5ccccc5)cc4c4ccc(C)cc4n23)c(C)c1. The molecule has 0 aliphatic carbocycles. The van der Waals surface area contributed by atoms with Gasteiger partial charge in [-0.3, -0.25) is 4.40 Å². The average Bonchev–Trinajstić information content (AvgIpc) is 3.16. The largest absolute Gasteiger partial charge is 0.291 e. The summed E-state index contributed by atoms with van der Waals surface area (Å²) < 4.78 is 2.40. The molecule has 0 aliphatic heterocycles. The minimum Gasteiger partial charge on any atom is -0.291 e. The number of aromatic nitrogens is 2. The molecule has 2 heterocycles. The lowest BCUT2D eigenvalue weighted by Crippen LogP contribution is -1.99. The van der Waals surface area contributed by atoms with Gasteiger partial charge in [-0.25, -0.2) is 4.98 Å². The summed E-state index contributed by atoms with van der Waals surface area (Å²) in [6.45, 7) is 10.9. The fourth-order valence-electron chi connectivity index (χ4n) is 5.80. The molecule has 0 saturated heterocycles. The van der Waals surface area contributed by atoms with Gasteiger partial charge in [0.15, 0.2) is 0 Å². The summed E-state index contributed by atoms with van der Waals surface area (Å²) in [6.07, 6.45) is 0.926. The van der Waals surface area contributed by atoms with Gasteiger partial charge < -0.3 is 0 Å². The van der Waals surface area contributed by atoms with Crippen LogP contribution >= 0.6 is 0 Å². The Morgan fingerprint density at radius 3 is 2.09 bits per heavy atom. The van der Waals surface area contributed by atoms with Crippen molar-refractivity contribution in [2.24, 2.45) is 0 Å². The van der Waals surface area contributed by atoms with E-state index >= 15 is 0 Å². The van der Waals surface area contributed by atoms with E-state index in [2.05, 4.69) is 118 Å². The van der Waals surface area contributed by atoms with Crippen molar-refractivity contribution in [3.63, 3.8) is 0 Å². The predicted octanol–water partition coefficient (Wildman–Crippen LogP) is 8.44. The van der Waals surface area contributed by atoms with E-state index in [1.54, 1.807) is 0 Å². The van der Waals surface area contributed by atoms with Gasteiger partial charge in [-0.1, -0.05) is 78.4 Å². The Morgan fingerprint density at radius 1 is 0.629 bits per heavy atom. The molecular weight excluding hydrogens is 424 g/mol. The zero-order valence-corrected chi connectivity index (χ0v) is 21.1. The zero-order chi connectivity index (χ0) is 24.3. The Morgan fingerprint density at radius 2 is 1.34 bits per heavy atom. The van der Waals surface area contributed by atoms with Crippen molar-refractivity contribution in [1.29, 1.82) is 0 Å². The Balaban J connectivity index is 1.70. The van der Waals surface area contributed by atoms with E-state index in [-0.39, 0.29) is 0 Å². The van der Waals surface area contributed by atoms with Crippen LogP contribution in [0.4, 0.5) is 0 Å². The van der Waals surface area contributed by atoms with Crippen molar-refractivity contribution in [3.8, 4) is 11.3 Å². The quantitative estimate of drug-likeness (QED) is 0.245. The van der Waals surface area contributed by atoms with Crippen LogP contribution < -0.4 is 0 Å². The molecule has 0 aliphatic rings. The first-order valence-electron chi connectivity index (χ1n) is 12.4. The molecule has 0 amide bonds. The van der Waals surface area contributed by atoms with Crippen LogP contribution in [0, 0.1) is 34.6 Å². The molecule has 4 aromatic carbocycles. The van der Waals surface area contributed by atoms with Gasteiger partial charge in [-0.05, 0) is 80.3 Å². The second-order valence-corrected chi connectivity index (χ2v) is 10.0. The number of fused-ring (bicyclic) bond motifs is 6. The minimum atomic E-state index is 0.926. The Bertz CT molecular complexity index is 1730. The highest BCUT2D eigenvalue weighted by Crippen LogP contribution is 2.38. The lowest BCUT2D eigenvalue weighted by atomic mass is 9.95. The Labute approximate surface area is 206 Å². The summed E-state index contributed by atoms with van der Waals surface area (Å²) >= 11 is 0. The number of hydrogen-bond acceptors (Lipinski definition) is 1. The number of aryl methyl sites for hydroxylation is 5. The summed E-state index contributed by atoms with van der Waals surface area (Å²) in [6, 6.07) is 29.0. The van der Waals surface area contributed by atoms with Gasteiger partial charge >= 0.3 is 0 Å². The highest BCUT2D eigenvalue weighted by Gasteiger charge is 2.20. The van der Waals surface area contributed by atoms with Crippen LogP contribution in [0.3, 0.4) is 0 Å². The summed E-state index contributed by atoms with van der Waals surface area (Å²) in [5.41, 5.74) is 13.6. The first-order valence-corrected chi connectivity index (χ1v) is 12.4. The van der Waals surface area contributed by atoms with Gasteiger partial charge in [0.05, 0.1) is 16.9 Å². The fraction of sp³-hybridized carbons (Fsp3) is 0.182. The number of nitrogens with zero attached hydrogens (tertiary/aromatic N) is 2. The van der Waals surface area contributed by atoms with Gasteiger partial charge in [0.1, 0.15) is 5.65 Å². The summed E-state index contributed by atoms with van der Waals surface area (Å²) in [5, 5.41) is 3.75. The molecule has 0 bridgehead atoms. The number of rotatable bonds is 3. The van der Waals surface area contributed by atoms with Gasteiger partial charge in [-0.2, -0.15) is 0 Å². The molecular formula is C33H30N2. The summed E-state index contributed by atoms with van der Waals surface area (Å²) in [7, 11) is 0. The number of imidazole rings is 1. The second-order valence-electron chi connectivity index (χ2n) is 10.0. The zero-order valence-electron chi connectivity index (χ0n) is 21.1. The van der Waals surface area contributed by atoms with Crippen LogP contribution in [0.1, 0.15) is 39.1 Å². The molecule has 6 aromatic rings. The van der Waals surface area contributed by atoms with Crippen molar-refractivity contribution < 1.29 is 0 Å². The van der Waals surface area contributed by atoms with E-state index in [0.29, 0.717) is 0 Å². The molecule has 2 aromatic heterocycles. The third-order valence-electron chi connectivity index (χ3n) is 7.23. The summed E-state index contributed by atoms with van der Waals surface area (Å²) in [5.74, 6) is 0. The van der Waals surface area contributed by atoms with E-state index in [9.17, 15) is 0 Å². The van der Waals surface area contributed by atoms with Crippen LogP contribution in [0.25, 0.3) is 38.6 Å². The van der Waals surface area contributed by atoms with E-state index in [0.717, 1.165) is 17.8 Å². The van der Waals surface area contributed by atoms with Crippen LogP contribution in [-0.2, 0) is 6.42 Å². The monoisotopic (exact) mass is 454 g/mol. The molecule has 0 N–H and O–H groups in total. The van der Waals surface area contributed by atoms with Crippen LogP contribution in [0.2, 0.25) is 0 Å². The first-order chi connectivity index (χ1) is 16.9. The van der Waals surface area contributed by atoms with Crippen molar-refractivity contribution in [1.82, 2.24) is 9.38 Å². The predicted molar refractivity (Wildman–Crippen MR) is 149 cm³/mol. The van der Waals surface area contributed by atoms with Crippen molar-refractivity contribution >= 4 is 27.3 Å². The maximum atomic E-state index is 5.18. The number of pyridine rings is 1. The molecule has 2 heteroatoms. The molecule has 0 saturated carbocycles. The van der Waals surface area contributed by atoms with E-state index in [1.807, 2.05) is 0 Å². The molecule has 2 nitrogen and oxygen atoms in total. The smallest absolute Gasteiger partial charge is 0.145 e. The van der Waals surface area contributed by atoms with Crippen molar-refractivity contribution in [2.75, 3.05) is 0 Å². The third-order valence-corrected chi connectivity index (χ3v) is 7.23. The molecule has 0 fully saturated rings. The maximum absolute atomic E-state index is 5.18. The molecule has 35 heavy (non-hydrogen) atoms. The average molecular weight is 455 g/mol. The van der Waals surface area contributed by atoms with E-state index in [1.165, 1.54) is 66.3 Å². The second kappa shape index (κ2) is 8.09. The summed E-state index contributed by atoms with van der Waals surface area (Å²) in [4.78, 5) is 5.18.